The molecule has 20 heavy (non-hydrogen) atoms. The van der Waals surface area contributed by atoms with E-state index in [1.807, 2.05) is 13.2 Å². The van der Waals surface area contributed by atoms with Crippen LogP contribution in [0.4, 0.5) is 5.69 Å². The molecule has 1 aromatic carbocycles. The summed E-state index contributed by atoms with van der Waals surface area (Å²) in [5.74, 6) is -0.0711. The molecular formula is C12H12ClN3OS3. The molecule has 4 nitrogen and oxygen atoms in total. The normalized spacial score (nSPS) is 12.2. The lowest BCUT2D eigenvalue weighted by molar-refractivity contribution is -0.115. The van der Waals surface area contributed by atoms with E-state index in [2.05, 4.69) is 15.5 Å². The summed E-state index contributed by atoms with van der Waals surface area (Å²) in [6, 6.07) is 7.03. The number of rotatable bonds is 5. The number of hydrogen-bond acceptors (Lipinski definition) is 6. The Labute approximate surface area is 134 Å². The van der Waals surface area contributed by atoms with Gasteiger partial charge in [-0.15, -0.1) is 10.2 Å². The summed E-state index contributed by atoms with van der Waals surface area (Å²) in [6.07, 6.45) is 1.95. The number of benzene rings is 1. The fourth-order valence-corrected chi connectivity index (χ4v) is 4.02. The van der Waals surface area contributed by atoms with Crippen LogP contribution >= 0.6 is 46.5 Å². The largest absolute Gasteiger partial charge is 0.325 e. The molecule has 1 aromatic heterocycles. The smallest absolute Gasteiger partial charge is 0.237 e. The average Bonchev–Trinajstić information content (AvgIpc) is 2.89. The van der Waals surface area contributed by atoms with Crippen LogP contribution in [-0.4, -0.2) is 27.6 Å². The van der Waals surface area contributed by atoms with Crippen molar-refractivity contribution in [3.63, 3.8) is 0 Å². The molecule has 8 heteroatoms. The van der Waals surface area contributed by atoms with E-state index < -0.39 is 0 Å². The fourth-order valence-electron chi connectivity index (χ4n) is 1.31. The van der Waals surface area contributed by atoms with Gasteiger partial charge >= 0.3 is 0 Å². The van der Waals surface area contributed by atoms with Crippen molar-refractivity contribution < 1.29 is 4.79 Å². The Morgan fingerprint density at radius 3 is 2.55 bits per heavy atom. The Morgan fingerprint density at radius 1 is 1.30 bits per heavy atom. The molecule has 106 valence electrons. The standard InChI is InChI=1S/C12H12ClN3OS3/c1-7(19-12-16-15-11(18-2)20-12)10(17)14-9-5-3-8(13)4-6-9/h3-7H,1-2H3,(H,14,17)/t7-/m0/s1. The molecule has 2 rings (SSSR count). The van der Waals surface area contributed by atoms with Crippen molar-refractivity contribution in [2.24, 2.45) is 0 Å². The predicted molar refractivity (Wildman–Crippen MR) is 87.1 cm³/mol. The first-order valence-corrected chi connectivity index (χ1v) is 8.99. The molecule has 0 unspecified atom stereocenters. The molecule has 0 saturated carbocycles. The lowest BCUT2D eigenvalue weighted by atomic mass is 10.3. The molecule has 0 saturated heterocycles. The Balaban J connectivity index is 1.93. The third kappa shape index (κ3) is 4.37. The first kappa shape index (κ1) is 15.6. The zero-order valence-electron chi connectivity index (χ0n) is 10.8. The van der Waals surface area contributed by atoms with Crippen molar-refractivity contribution in [2.45, 2.75) is 20.9 Å². The highest BCUT2D eigenvalue weighted by molar-refractivity contribution is 8.03. The molecule has 0 aliphatic carbocycles. The zero-order valence-corrected chi connectivity index (χ0v) is 14.0. The van der Waals surface area contributed by atoms with Crippen LogP contribution in [0.1, 0.15) is 6.92 Å². The number of halogens is 1. The van der Waals surface area contributed by atoms with Crippen LogP contribution in [0.5, 0.6) is 0 Å². The first-order chi connectivity index (χ1) is 9.58. The maximum Gasteiger partial charge on any atom is 0.237 e. The molecule has 0 bridgehead atoms. The second-order valence-corrected chi connectivity index (χ2v) is 7.85. The van der Waals surface area contributed by atoms with Crippen molar-refractivity contribution in [3.05, 3.63) is 29.3 Å². The molecular weight excluding hydrogens is 334 g/mol. The molecule has 0 aliphatic rings. The average molecular weight is 346 g/mol. The Bertz CT molecular complexity index is 588. The summed E-state index contributed by atoms with van der Waals surface area (Å²) >= 11 is 10.2. The third-order valence-electron chi connectivity index (χ3n) is 2.32. The van der Waals surface area contributed by atoms with Gasteiger partial charge in [0.1, 0.15) is 0 Å². The van der Waals surface area contributed by atoms with Gasteiger partial charge < -0.3 is 5.32 Å². The highest BCUT2D eigenvalue weighted by Gasteiger charge is 2.17. The van der Waals surface area contributed by atoms with Crippen molar-refractivity contribution >= 4 is 58.1 Å². The number of nitrogens with zero attached hydrogens (tertiary/aromatic N) is 2. The number of thioether (sulfide) groups is 2. The SMILES string of the molecule is CSc1nnc(S[C@@H](C)C(=O)Nc2ccc(Cl)cc2)s1. The minimum Gasteiger partial charge on any atom is -0.325 e. The van der Waals surface area contributed by atoms with Crippen LogP contribution in [0.3, 0.4) is 0 Å². The molecule has 1 heterocycles. The maximum absolute atomic E-state index is 12.1. The number of carbonyl (C=O) groups excluding carboxylic acids is 1. The van der Waals surface area contributed by atoms with Gasteiger partial charge in [-0.05, 0) is 37.4 Å². The number of carbonyl (C=O) groups is 1. The predicted octanol–water partition coefficient (Wildman–Crippen LogP) is 4.03. The highest BCUT2D eigenvalue weighted by Crippen LogP contribution is 2.30. The van der Waals surface area contributed by atoms with Crippen LogP contribution < -0.4 is 5.32 Å². The van der Waals surface area contributed by atoms with Gasteiger partial charge in [-0.2, -0.15) is 0 Å². The fraction of sp³-hybridized carbons (Fsp3) is 0.250. The monoisotopic (exact) mass is 345 g/mol. The van der Waals surface area contributed by atoms with Gasteiger partial charge in [0.2, 0.25) is 5.91 Å². The van der Waals surface area contributed by atoms with Crippen molar-refractivity contribution in [3.8, 4) is 0 Å². The summed E-state index contributed by atoms with van der Waals surface area (Å²) in [5.41, 5.74) is 0.730. The topological polar surface area (TPSA) is 54.9 Å². The number of nitrogens with one attached hydrogen (secondary N) is 1. The van der Waals surface area contributed by atoms with Gasteiger partial charge in [-0.1, -0.05) is 46.5 Å². The van der Waals surface area contributed by atoms with Gasteiger partial charge in [0.25, 0.3) is 0 Å². The molecule has 0 fully saturated rings. The van der Waals surface area contributed by atoms with Crippen molar-refractivity contribution in [1.82, 2.24) is 10.2 Å². The molecule has 1 amide bonds. The second kappa shape index (κ2) is 7.31. The summed E-state index contributed by atoms with van der Waals surface area (Å²) in [5, 5.41) is 11.3. The lowest BCUT2D eigenvalue weighted by Crippen LogP contribution is -2.22. The van der Waals surface area contributed by atoms with Gasteiger partial charge in [-0.25, -0.2) is 0 Å². The summed E-state index contributed by atoms with van der Waals surface area (Å²) in [4.78, 5) is 12.1. The van der Waals surface area contributed by atoms with Crippen LogP contribution in [0.2, 0.25) is 5.02 Å². The van der Waals surface area contributed by atoms with Crippen LogP contribution in [0.25, 0.3) is 0 Å². The number of anilines is 1. The van der Waals surface area contributed by atoms with Crippen LogP contribution in [-0.2, 0) is 4.79 Å². The lowest BCUT2D eigenvalue weighted by Gasteiger charge is -2.10. The molecule has 0 radical (unpaired) electrons. The molecule has 0 aliphatic heterocycles. The highest BCUT2D eigenvalue weighted by atomic mass is 35.5. The van der Waals surface area contributed by atoms with E-state index in [-0.39, 0.29) is 11.2 Å². The van der Waals surface area contributed by atoms with E-state index in [0.717, 1.165) is 14.4 Å². The van der Waals surface area contributed by atoms with E-state index >= 15 is 0 Å². The van der Waals surface area contributed by atoms with Gasteiger partial charge in [0, 0.05) is 10.7 Å². The molecule has 0 spiro atoms. The number of amides is 1. The molecule has 1 atom stereocenters. The van der Waals surface area contributed by atoms with Crippen LogP contribution in [0.15, 0.2) is 32.9 Å². The second-order valence-electron chi connectivity index (χ2n) is 3.79. The molecule has 2 aromatic rings. The van der Waals surface area contributed by atoms with Crippen molar-refractivity contribution in [2.75, 3.05) is 11.6 Å². The quantitative estimate of drug-likeness (QED) is 0.829. The number of aromatic nitrogens is 2. The van der Waals surface area contributed by atoms with Gasteiger partial charge in [0.05, 0.1) is 5.25 Å². The van der Waals surface area contributed by atoms with E-state index in [4.69, 9.17) is 11.6 Å². The number of hydrogen-bond donors (Lipinski definition) is 1. The first-order valence-electron chi connectivity index (χ1n) is 5.69. The van der Waals surface area contributed by atoms with E-state index in [1.54, 1.807) is 36.0 Å². The van der Waals surface area contributed by atoms with E-state index in [9.17, 15) is 4.79 Å². The Hall–Kier alpha value is -0.760. The third-order valence-corrected chi connectivity index (χ3v) is 5.66. The van der Waals surface area contributed by atoms with E-state index in [1.165, 1.54) is 23.1 Å². The zero-order chi connectivity index (χ0) is 14.5. The molecule has 1 N–H and O–H groups in total. The van der Waals surface area contributed by atoms with Gasteiger partial charge in [0.15, 0.2) is 8.68 Å². The van der Waals surface area contributed by atoms with Gasteiger partial charge in [-0.3, -0.25) is 4.79 Å². The minimum absolute atomic E-state index is 0.0711. The Morgan fingerprint density at radius 2 is 1.95 bits per heavy atom. The van der Waals surface area contributed by atoms with E-state index in [0.29, 0.717) is 5.02 Å². The van der Waals surface area contributed by atoms with Crippen LogP contribution in [0, 0.1) is 0 Å². The summed E-state index contributed by atoms with van der Waals surface area (Å²) < 4.78 is 1.70. The Kier molecular flexibility index (Phi) is 5.71. The maximum atomic E-state index is 12.1. The summed E-state index contributed by atoms with van der Waals surface area (Å²) in [7, 11) is 0. The van der Waals surface area contributed by atoms with Crippen molar-refractivity contribution in [1.29, 1.82) is 0 Å². The minimum atomic E-state index is -0.242. The summed E-state index contributed by atoms with van der Waals surface area (Å²) in [6.45, 7) is 1.84.